The van der Waals surface area contributed by atoms with Gasteiger partial charge in [0, 0.05) is 27.0 Å². The lowest BCUT2D eigenvalue weighted by molar-refractivity contribution is -0.384. The molecule has 1 saturated carbocycles. The Balaban J connectivity index is 1.60. The first-order chi connectivity index (χ1) is 17.3. The van der Waals surface area contributed by atoms with Crippen LogP contribution in [-0.4, -0.2) is 21.6 Å². The summed E-state index contributed by atoms with van der Waals surface area (Å²) in [5.74, 6) is -0.454. The zero-order chi connectivity index (χ0) is 25.4. The molecule has 5 rings (SSSR count). The summed E-state index contributed by atoms with van der Waals surface area (Å²) in [5.41, 5.74) is 3.85. The number of nitrogens with zero attached hydrogens (tertiary/aromatic N) is 3. The van der Waals surface area contributed by atoms with Gasteiger partial charge in [-0.2, -0.15) is 5.10 Å². The van der Waals surface area contributed by atoms with Crippen molar-refractivity contribution >= 4 is 66.8 Å². The predicted molar refractivity (Wildman–Crippen MR) is 148 cm³/mol. The highest BCUT2D eigenvalue weighted by Gasteiger charge is 2.44. The number of carbonyl (C=O) groups is 1. The molecule has 0 bridgehead atoms. The number of hydrazone groups is 1. The molecular formula is C27H20Br2ClN3O3. The topological polar surface area (TPSA) is 75.8 Å². The number of halogens is 3. The Morgan fingerprint density at radius 3 is 2.39 bits per heavy atom. The minimum absolute atomic E-state index is 0.00282. The Morgan fingerprint density at radius 2 is 1.72 bits per heavy atom. The Morgan fingerprint density at radius 1 is 1.06 bits per heavy atom. The van der Waals surface area contributed by atoms with Crippen LogP contribution in [0, 0.1) is 16.0 Å². The van der Waals surface area contributed by atoms with Gasteiger partial charge in [0.1, 0.15) is 0 Å². The third-order valence-corrected chi connectivity index (χ3v) is 7.91. The normalized spacial score (nSPS) is 20.2. The van der Waals surface area contributed by atoms with Crippen LogP contribution in [0.2, 0.25) is 5.02 Å². The number of carbonyl (C=O) groups excluding carboxylic acids is 1. The number of allylic oxidation sites excluding steroid dienone is 1. The van der Waals surface area contributed by atoms with E-state index >= 15 is 0 Å². The monoisotopic (exact) mass is 627 g/mol. The van der Waals surface area contributed by atoms with Gasteiger partial charge in [-0.15, -0.1) is 0 Å². The fourth-order valence-corrected chi connectivity index (χ4v) is 5.56. The van der Waals surface area contributed by atoms with Crippen molar-refractivity contribution in [2.45, 2.75) is 25.3 Å². The van der Waals surface area contributed by atoms with E-state index in [9.17, 15) is 14.9 Å². The summed E-state index contributed by atoms with van der Waals surface area (Å²) in [6.45, 7) is 0. The average Bonchev–Trinajstić information content (AvgIpc) is 3.26. The molecule has 0 radical (unpaired) electrons. The van der Waals surface area contributed by atoms with Crippen LogP contribution in [0.15, 0.2) is 86.3 Å². The first-order valence-electron chi connectivity index (χ1n) is 11.4. The standard InChI is InChI=1S/C27H20Br2ClN3O3/c28-19-8-4-16(5-9-19)14-18-2-1-3-22-25(18)31-32(26(22)17-6-10-20(29)11-7-17)27(34)23-15-21(33(35)36)12-13-24(23)30/h4-15,22,26H,1-3H2/b18-14-/t22-,26+/m1/s1. The van der Waals surface area contributed by atoms with Crippen molar-refractivity contribution in [1.29, 1.82) is 0 Å². The zero-order valence-corrected chi connectivity index (χ0v) is 22.8. The molecule has 182 valence electrons. The van der Waals surface area contributed by atoms with E-state index in [2.05, 4.69) is 37.9 Å². The van der Waals surface area contributed by atoms with Crippen LogP contribution in [0.3, 0.4) is 0 Å². The van der Waals surface area contributed by atoms with Gasteiger partial charge in [0.25, 0.3) is 11.6 Å². The minimum Gasteiger partial charge on any atom is -0.267 e. The highest BCUT2D eigenvalue weighted by molar-refractivity contribution is 9.10. The molecule has 2 aliphatic rings. The highest BCUT2D eigenvalue weighted by atomic mass is 79.9. The second-order valence-corrected chi connectivity index (χ2v) is 11.0. The summed E-state index contributed by atoms with van der Waals surface area (Å²) in [6, 6.07) is 19.5. The maximum absolute atomic E-state index is 13.8. The van der Waals surface area contributed by atoms with Crippen molar-refractivity contribution < 1.29 is 9.72 Å². The molecule has 0 spiro atoms. The molecule has 1 heterocycles. The van der Waals surface area contributed by atoms with Crippen LogP contribution < -0.4 is 0 Å². The second kappa shape index (κ2) is 10.3. The Bertz CT molecular complexity index is 1400. The van der Waals surface area contributed by atoms with Crippen molar-refractivity contribution in [3.8, 4) is 0 Å². The second-order valence-electron chi connectivity index (χ2n) is 8.77. The van der Waals surface area contributed by atoms with Crippen molar-refractivity contribution in [2.24, 2.45) is 11.0 Å². The zero-order valence-electron chi connectivity index (χ0n) is 18.9. The van der Waals surface area contributed by atoms with Crippen LogP contribution in [0.25, 0.3) is 6.08 Å². The van der Waals surface area contributed by atoms with Gasteiger partial charge in [0.2, 0.25) is 0 Å². The third-order valence-electron chi connectivity index (χ3n) is 6.52. The number of hydrogen-bond donors (Lipinski definition) is 0. The van der Waals surface area contributed by atoms with E-state index < -0.39 is 10.8 Å². The van der Waals surface area contributed by atoms with Crippen LogP contribution in [0.4, 0.5) is 5.69 Å². The molecule has 1 aliphatic carbocycles. The Labute approximate surface area is 230 Å². The molecular weight excluding hydrogens is 610 g/mol. The van der Waals surface area contributed by atoms with Crippen molar-refractivity contribution in [1.82, 2.24) is 5.01 Å². The first kappa shape index (κ1) is 24.9. The average molecular weight is 630 g/mol. The van der Waals surface area contributed by atoms with Crippen LogP contribution in [0.5, 0.6) is 0 Å². The SMILES string of the molecule is O=C(c1cc([N+](=O)[O-])ccc1Cl)N1N=C2/C(=C\c3ccc(Br)cc3)CCC[C@H]2[C@@H]1c1ccc(Br)cc1. The molecule has 6 nitrogen and oxygen atoms in total. The molecule has 36 heavy (non-hydrogen) atoms. The predicted octanol–water partition coefficient (Wildman–Crippen LogP) is 8.21. The fourth-order valence-electron chi connectivity index (χ4n) is 4.84. The van der Waals surface area contributed by atoms with E-state index in [-0.39, 0.29) is 28.2 Å². The summed E-state index contributed by atoms with van der Waals surface area (Å²) in [5, 5.41) is 17.8. The van der Waals surface area contributed by atoms with Gasteiger partial charge in [-0.1, -0.05) is 67.7 Å². The maximum Gasteiger partial charge on any atom is 0.276 e. The number of non-ortho nitro benzene ring substituents is 1. The number of rotatable bonds is 4. The molecule has 2 atom stereocenters. The number of nitro groups is 1. The molecule has 3 aromatic carbocycles. The maximum atomic E-state index is 13.8. The fraction of sp³-hybridized carbons (Fsp3) is 0.185. The molecule has 0 N–H and O–H groups in total. The van der Waals surface area contributed by atoms with Crippen molar-refractivity contribution in [3.63, 3.8) is 0 Å². The summed E-state index contributed by atoms with van der Waals surface area (Å²) in [6.07, 6.45) is 4.84. The molecule has 3 aromatic rings. The number of benzene rings is 3. The summed E-state index contributed by atoms with van der Waals surface area (Å²) in [7, 11) is 0. The lowest BCUT2D eigenvalue weighted by Crippen LogP contribution is -2.32. The lowest BCUT2D eigenvalue weighted by atomic mass is 9.77. The van der Waals surface area contributed by atoms with Crippen LogP contribution in [0.1, 0.15) is 46.8 Å². The molecule has 0 saturated heterocycles. The Kier molecular flexibility index (Phi) is 7.10. The highest BCUT2D eigenvalue weighted by Crippen LogP contribution is 2.45. The van der Waals surface area contributed by atoms with Gasteiger partial charge in [-0.25, -0.2) is 5.01 Å². The van der Waals surface area contributed by atoms with Gasteiger partial charge in [0.15, 0.2) is 0 Å². The van der Waals surface area contributed by atoms with Gasteiger partial charge in [-0.3, -0.25) is 14.9 Å². The van der Waals surface area contributed by atoms with Gasteiger partial charge < -0.3 is 0 Å². The quantitative estimate of drug-likeness (QED) is 0.216. The molecule has 0 aromatic heterocycles. The lowest BCUT2D eigenvalue weighted by Gasteiger charge is -2.29. The number of amides is 1. The molecule has 1 aliphatic heterocycles. The van der Waals surface area contributed by atoms with Gasteiger partial charge in [0.05, 0.1) is 27.3 Å². The first-order valence-corrected chi connectivity index (χ1v) is 13.4. The van der Waals surface area contributed by atoms with Crippen molar-refractivity contribution in [2.75, 3.05) is 0 Å². The minimum atomic E-state index is -0.534. The van der Waals surface area contributed by atoms with E-state index in [4.69, 9.17) is 16.7 Å². The number of fused-ring (bicyclic) bond motifs is 1. The smallest absolute Gasteiger partial charge is 0.267 e. The van der Waals surface area contributed by atoms with Crippen molar-refractivity contribution in [3.05, 3.63) is 113 Å². The van der Waals surface area contributed by atoms with E-state index in [1.807, 2.05) is 48.5 Å². The molecule has 1 amide bonds. The van der Waals surface area contributed by atoms with Crippen LogP contribution >= 0.6 is 43.5 Å². The van der Waals surface area contributed by atoms with Crippen LogP contribution in [-0.2, 0) is 0 Å². The van der Waals surface area contributed by atoms with E-state index in [0.29, 0.717) is 0 Å². The third kappa shape index (κ3) is 4.90. The largest absolute Gasteiger partial charge is 0.276 e. The summed E-state index contributed by atoms with van der Waals surface area (Å²) >= 11 is 13.3. The molecule has 1 fully saturated rings. The summed E-state index contributed by atoms with van der Waals surface area (Å²) < 4.78 is 1.94. The van der Waals surface area contributed by atoms with E-state index in [0.717, 1.165) is 50.6 Å². The van der Waals surface area contributed by atoms with E-state index in [1.54, 1.807) is 0 Å². The van der Waals surface area contributed by atoms with E-state index in [1.165, 1.54) is 23.2 Å². The number of hydrogen-bond acceptors (Lipinski definition) is 4. The Hall–Kier alpha value is -2.81. The van der Waals surface area contributed by atoms with Gasteiger partial charge in [-0.05, 0) is 72.4 Å². The van der Waals surface area contributed by atoms with Gasteiger partial charge >= 0.3 is 0 Å². The molecule has 9 heteroatoms. The summed E-state index contributed by atoms with van der Waals surface area (Å²) in [4.78, 5) is 24.6. The molecule has 0 unspecified atom stereocenters. The number of nitro benzene ring substituents is 1.